The molecule has 0 bridgehead atoms. The predicted octanol–water partition coefficient (Wildman–Crippen LogP) is 9.47. The normalized spacial score (nSPS) is 13.0. The molecule has 0 fully saturated rings. The first-order valence-electron chi connectivity index (χ1n) is 12.8. The minimum absolute atomic E-state index is 0.0701. The van der Waals surface area contributed by atoms with Crippen LogP contribution in [-0.4, -0.2) is 24.1 Å². The maximum Gasteiger partial charge on any atom is 0.328 e. The Bertz CT molecular complexity index is 1300. The van der Waals surface area contributed by atoms with E-state index in [-0.39, 0.29) is 23.9 Å². The number of alkyl halides is 2. The molecule has 0 amide bonds. The van der Waals surface area contributed by atoms with Crippen molar-refractivity contribution in [1.29, 1.82) is 0 Å². The number of fused-ring (bicyclic) bond motifs is 1. The molecule has 6 heteroatoms. The van der Waals surface area contributed by atoms with Crippen LogP contribution in [0.5, 0.6) is 5.75 Å². The second kappa shape index (κ2) is 11.3. The van der Waals surface area contributed by atoms with Crippen LogP contribution >= 0.6 is 11.3 Å². The number of ether oxygens (including phenoxy) is 1. The molecule has 200 valence electrons. The van der Waals surface area contributed by atoms with Gasteiger partial charge in [-0.25, -0.2) is 13.6 Å². The summed E-state index contributed by atoms with van der Waals surface area (Å²) in [4.78, 5) is 12.1. The van der Waals surface area contributed by atoms with Gasteiger partial charge in [-0.05, 0) is 65.5 Å². The Morgan fingerprint density at radius 2 is 1.73 bits per heavy atom. The van der Waals surface area contributed by atoms with Crippen molar-refractivity contribution in [2.24, 2.45) is 0 Å². The minimum Gasteiger partial charge on any atom is -0.492 e. The smallest absolute Gasteiger partial charge is 0.328 e. The number of benzene rings is 2. The van der Waals surface area contributed by atoms with Gasteiger partial charge in [0.2, 0.25) is 6.43 Å². The van der Waals surface area contributed by atoms with Gasteiger partial charge >= 0.3 is 5.97 Å². The van der Waals surface area contributed by atoms with Gasteiger partial charge in [0, 0.05) is 38.6 Å². The molecule has 1 aromatic heterocycles. The molecule has 0 aliphatic rings. The molecule has 0 unspecified atom stereocenters. The maximum absolute atomic E-state index is 13.1. The average Bonchev–Trinajstić information content (AvgIpc) is 3.28. The van der Waals surface area contributed by atoms with E-state index in [1.165, 1.54) is 11.6 Å². The number of rotatable bonds is 11. The molecule has 3 nitrogen and oxygen atoms in total. The lowest BCUT2D eigenvalue weighted by molar-refractivity contribution is -0.131. The third-order valence-corrected chi connectivity index (χ3v) is 8.77. The summed E-state index contributed by atoms with van der Waals surface area (Å²) in [5.41, 5.74) is 4.40. The van der Waals surface area contributed by atoms with Gasteiger partial charge in [0.15, 0.2) is 0 Å². The van der Waals surface area contributed by atoms with Crippen LogP contribution in [0.25, 0.3) is 26.8 Å². The van der Waals surface area contributed by atoms with Crippen LogP contribution in [-0.2, 0) is 15.6 Å². The third kappa shape index (κ3) is 6.40. The fraction of sp³-hybridized carbons (Fsp3) is 0.452. The van der Waals surface area contributed by atoms with Crippen molar-refractivity contribution < 1.29 is 23.4 Å². The van der Waals surface area contributed by atoms with Gasteiger partial charge in [0.1, 0.15) is 5.75 Å². The molecular weight excluding hydrogens is 490 g/mol. The lowest BCUT2D eigenvalue weighted by Crippen LogP contribution is -2.22. The van der Waals surface area contributed by atoms with Gasteiger partial charge < -0.3 is 9.84 Å². The molecule has 0 saturated carbocycles. The van der Waals surface area contributed by atoms with E-state index in [0.717, 1.165) is 44.5 Å². The number of halogens is 2. The molecule has 0 radical (unpaired) electrons. The molecule has 0 spiro atoms. The molecule has 0 atom stereocenters. The molecule has 37 heavy (non-hydrogen) atoms. The Labute approximate surface area is 223 Å². The zero-order valence-corrected chi connectivity index (χ0v) is 23.7. The molecule has 3 aromatic rings. The average molecular weight is 529 g/mol. The number of allylic oxidation sites excluding steroid dienone is 1. The van der Waals surface area contributed by atoms with E-state index < -0.39 is 12.4 Å². The summed E-state index contributed by atoms with van der Waals surface area (Å²) in [5, 5.41) is 10.2. The van der Waals surface area contributed by atoms with Gasteiger partial charge in [-0.2, -0.15) is 0 Å². The highest BCUT2D eigenvalue weighted by Crippen LogP contribution is 2.47. The van der Waals surface area contributed by atoms with E-state index in [4.69, 9.17) is 4.74 Å². The molecular formula is C31H38F2O3S. The second-order valence-corrected chi connectivity index (χ2v) is 12.0. The second-order valence-electron chi connectivity index (χ2n) is 10.9. The van der Waals surface area contributed by atoms with E-state index in [1.54, 1.807) is 18.3 Å². The maximum atomic E-state index is 13.1. The number of carbonyl (C=O) groups is 1. The number of carboxylic acid groups (broad SMARTS) is 1. The summed E-state index contributed by atoms with van der Waals surface area (Å²) in [7, 11) is 0. The fourth-order valence-electron chi connectivity index (χ4n) is 4.27. The van der Waals surface area contributed by atoms with Crippen molar-refractivity contribution in [3.05, 3.63) is 58.5 Å². The minimum atomic E-state index is -2.43. The van der Waals surface area contributed by atoms with Gasteiger partial charge in [-0.15, -0.1) is 11.3 Å². The number of carboxylic acids is 1. The van der Waals surface area contributed by atoms with E-state index in [2.05, 4.69) is 53.7 Å². The highest BCUT2D eigenvalue weighted by atomic mass is 32.1. The zero-order chi connectivity index (χ0) is 27.5. The van der Waals surface area contributed by atoms with Crippen LogP contribution in [0.4, 0.5) is 8.78 Å². The molecule has 1 heterocycles. The Kier molecular flexibility index (Phi) is 8.84. The number of hydrogen-bond donors (Lipinski definition) is 1. The summed E-state index contributed by atoms with van der Waals surface area (Å²) in [5.74, 6) is -0.327. The first-order valence-corrected chi connectivity index (χ1v) is 13.7. The van der Waals surface area contributed by atoms with Gasteiger partial charge in [-0.3, -0.25) is 0 Å². The Hall–Kier alpha value is -2.73. The number of thiophene rings is 1. The molecule has 0 aliphatic carbocycles. The molecule has 1 N–H and O–H groups in total. The van der Waals surface area contributed by atoms with Crippen LogP contribution in [0.1, 0.15) is 83.7 Å². The first-order chi connectivity index (χ1) is 17.3. The van der Waals surface area contributed by atoms with E-state index in [0.29, 0.717) is 11.3 Å². The monoisotopic (exact) mass is 528 g/mol. The van der Waals surface area contributed by atoms with Gasteiger partial charge in [0.05, 0.1) is 6.61 Å². The first kappa shape index (κ1) is 28.8. The molecule has 0 aliphatic heterocycles. The quantitative estimate of drug-likeness (QED) is 0.252. The molecule has 3 rings (SSSR count). The summed E-state index contributed by atoms with van der Waals surface area (Å²) in [6, 6.07) is 12.4. The van der Waals surface area contributed by atoms with Gasteiger partial charge in [0.25, 0.3) is 0 Å². The predicted molar refractivity (Wildman–Crippen MR) is 151 cm³/mol. The number of aliphatic carboxylic acids is 1. The van der Waals surface area contributed by atoms with Crippen LogP contribution in [0.2, 0.25) is 0 Å². The standard InChI is InChI=1S/C31H38F2O3S/c1-8-30(4,5)20-16-23(29(36-14-13-27(32)33)24(17-20)31(6,7)9-2)21-11-10-12-25-22(21)18-26(37-25)19(3)15-28(34)35/h10-12,15-18,27H,8-9,13-14H2,1-7H3,(H,34,35)/b19-15+. The highest BCUT2D eigenvalue weighted by Gasteiger charge is 2.30. The van der Waals surface area contributed by atoms with Crippen molar-refractivity contribution in [2.75, 3.05) is 6.61 Å². The van der Waals surface area contributed by atoms with Crippen molar-refractivity contribution in [2.45, 2.75) is 85.0 Å². The Balaban J connectivity index is 2.37. The SMILES string of the molecule is CCC(C)(C)c1cc(-c2cccc3sc(/C(C)=C/C(=O)O)cc23)c(OCCC(F)F)c(C(C)(C)CC)c1. The van der Waals surface area contributed by atoms with Crippen LogP contribution < -0.4 is 4.74 Å². The topological polar surface area (TPSA) is 46.5 Å². The fourth-order valence-corrected chi connectivity index (χ4v) is 5.33. The summed E-state index contributed by atoms with van der Waals surface area (Å²) >= 11 is 1.54. The molecule has 2 aromatic carbocycles. The van der Waals surface area contributed by atoms with Crippen molar-refractivity contribution in [3.8, 4) is 16.9 Å². The Morgan fingerprint density at radius 3 is 2.32 bits per heavy atom. The van der Waals surface area contributed by atoms with Crippen molar-refractivity contribution >= 4 is 33.0 Å². The van der Waals surface area contributed by atoms with Crippen LogP contribution in [0, 0.1) is 0 Å². The van der Waals surface area contributed by atoms with Gasteiger partial charge in [-0.1, -0.05) is 59.7 Å². The highest BCUT2D eigenvalue weighted by molar-refractivity contribution is 7.20. The lowest BCUT2D eigenvalue weighted by Gasteiger charge is -2.32. The van der Waals surface area contributed by atoms with Crippen LogP contribution in [0.15, 0.2) is 42.5 Å². The van der Waals surface area contributed by atoms with Crippen molar-refractivity contribution in [3.63, 3.8) is 0 Å². The van der Waals surface area contributed by atoms with Crippen molar-refractivity contribution in [1.82, 2.24) is 0 Å². The van der Waals surface area contributed by atoms with E-state index in [1.807, 2.05) is 24.3 Å². The number of hydrogen-bond acceptors (Lipinski definition) is 3. The summed E-state index contributed by atoms with van der Waals surface area (Å²) in [6.45, 7) is 14.8. The Morgan fingerprint density at radius 1 is 1.05 bits per heavy atom. The summed E-state index contributed by atoms with van der Waals surface area (Å²) < 4.78 is 33.4. The lowest BCUT2D eigenvalue weighted by atomic mass is 9.74. The van der Waals surface area contributed by atoms with Crippen LogP contribution in [0.3, 0.4) is 0 Å². The largest absolute Gasteiger partial charge is 0.492 e. The zero-order valence-electron chi connectivity index (χ0n) is 22.9. The third-order valence-electron chi connectivity index (χ3n) is 7.53. The summed E-state index contributed by atoms with van der Waals surface area (Å²) in [6.07, 6.45) is 0.251. The van der Waals surface area contributed by atoms with E-state index in [9.17, 15) is 18.7 Å². The van der Waals surface area contributed by atoms with E-state index >= 15 is 0 Å². The molecule has 0 saturated heterocycles.